The Morgan fingerprint density at radius 3 is 2.68 bits per heavy atom. The van der Waals surface area contributed by atoms with E-state index in [1.807, 2.05) is 36.7 Å². The third-order valence-electron chi connectivity index (χ3n) is 4.56. The monoisotopic (exact) mass is 358 g/mol. The molecule has 2 atom stereocenters. The summed E-state index contributed by atoms with van der Waals surface area (Å²) in [5.74, 6) is 1.67. The molecule has 25 heavy (non-hydrogen) atoms. The minimum atomic E-state index is -0.186. The van der Waals surface area contributed by atoms with Crippen molar-refractivity contribution in [1.82, 2.24) is 20.1 Å². The number of thioether (sulfide) groups is 1. The quantitative estimate of drug-likeness (QED) is 0.736. The number of nitrogens with zero attached hydrogens (tertiary/aromatic N) is 3. The van der Waals surface area contributed by atoms with E-state index in [9.17, 15) is 4.79 Å². The predicted molar refractivity (Wildman–Crippen MR) is 101 cm³/mol. The molecule has 0 bridgehead atoms. The van der Waals surface area contributed by atoms with E-state index in [1.54, 1.807) is 0 Å². The highest BCUT2D eigenvalue weighted by Crippen LogP contribution is 2.39. The van der Waals surface area contributed by atoms with Gasteiger partial charge >= 0.3 is 0 Å². The Hall–Kier alpha value is -1.82. The minimum Gasteiger partial charge on any atom is -0.353 e. The van der Waals surface area contributed by atoms with Gasteiger partial charge in [0.2, 0.25) is 5.91 Å². The van der Waals surface area contributed by atoms with Crippen LogP contribution < -0.4 is 5.32 Å². The summed E-state index contributed by atoms with van der Waals surface area (Å²) in [6.07, 6.45) is 4.30. The summed E-state index contributed by atoms with van der Waals surface area (Å²) in [7, 11) is 1.99. The molecule has 1 aliphatic carbocycles. The molecular formula is C19H26N4OS. The van der Waals surface area contributed by atoms with E-state index in [0.717, 1.165) is 23.8 Å². The number of carbonyl (C=O) groups is 1. The standard InChI is InChI=1S/C19H26N4OS/c1-13(9-10-15-7-5-4-6-8-15)20-18(24)14(2)25-19-22-21-17(23(19)3)16-11-12-16/h4-8,13-14,16H,9-12H2,1-3H3,(H,20,24). The highest BCUT2D eigenvalue weighted by molar-refractivity contribution is 8.00. The molecule has 1 fully saturated rings. The van der Waals surface area contributed by atoms with Crippen LogP contribution in [0, 0.1) is 0 Å². The fourth-order valence-corrected chi connectivity index (χ4v) is 3.63. The van der Waals surface area contributed by atoms with Gasteiger partial charge in [-0.05, 0) is 45.1 Å². The van der Waals surface area contributed by atoms with Crippen LogP contribution in [-0.4, -0.2) is 32.0 Å². The first-order valence-corrected chi connectivity index (χ1v) is 9.82. The van der Waals surface area contributed by atoms with Crippen LogP contribution in [0.15, 0.2) is 35.5 Å². The first-order chi connectivity index (χ1) is 12.0. The molecule has 6 heteroatoms. The van der Waals surface area contributed by atoms with Crippen LogP contribution in [0.2, 0.25) is 0 Å². The molecule has 2 aromatic rings. The van der Waals surface area contributed by atoms with Crippen molar-refractivity contribution >= 4 is 17.7 Å². The van der Waals surface area contributed by atoms with Gasteiger partial charge in [-0.15, -0.1) is 10.2 Å². The normalized spacial score (nSPS) is 16.4. The summed E-state index contributed by atoms with van der Waals surface area (Å²) in [4.78, 5) is 12.4. The Kier molecular flexibility index (Phi) is 5.78. The van der Waals surface area contributed by atoms with Gasteiger partial charge in [0.15, 0.2) is 5.16 Å². The van der Waals surface area contributed by atoms with Crippen LogP contribution in [0.3, 0.4) is 0 Å². The predicted octanol–water partition coefficient (Wildman–Crippen LogP) is 3.31. The van der Waals surface area contributed by atoms with Crippen LogP contribution >= 0.6 is 11.8 Å². The van der Waals surface area contributed by atoms with E-state index < -0.39 is 0 Å². The lowest BCUT2D eigenvalue weighted by Gasteiger charge is -2.17. The zero-order valence-corrected chi connectivity index (χ0v) is 15.9. The van der Waals surface area contributed by atoms with Crippen molar-refractivity contribution in [3.63, 3.8) is 0 Å². The second-order valence-electron chi connectivity index (χ2n) is 6.87. The van der Waals surface area contributed by atoms with Crippen molar-refractivity contribution < 1.29 is 4.79 Å². The van der Waals surface area contributed by atoms with Gasteiger partial charge in [0.1, 0.15) is 5.82 Å². The summed E-state index contributed by atoms with van der Waals surface area (Å²) in [5.41, 5.74) is 1.30. The van der Waals surface area contributed by atoms with Crippen LogP contribution in [0.5, 0.6) is 0 Å². The molecule has 1 heterocycles. The van der Waals surface area contributed by atoms with Crippen molar-refractivity contribution in [3.05, 3.63) is 41.7 Å². The summed E-state index contributed by atoms with van der Waals surface area (Å²) in [6.45, 7) is 3.99. The van der Waals surface area contributed by atoms with Gasteiger partial charge in [0.25, 0.3) is 0 Å². The third-order valence-corrected chi connectivity index (χ3v) is 5.69. The summed E-state index contributed by atoms with van der Waals surface area (Å²) in [6, 6.07) is 10.5. The maximum absolute atomic E-state index is 12.4. The number of hydrogen-bond acceptors (Lipinski definition) is 4. The Labute approximate surface area is 153 Å². The average Bonchev–Trinajstić information content (AvgIpc) is 3.39. The Morgan fingerprint density at radius 1 is 1.28 bits per heavy atom. The lowest BCUT2D eigenvalue weighted by Crippen LogP contribution is -2.38. The topological polar surface area (TPSA) is 59.8 Å². The maximum atomic E-state index is 12.4. The first kappa shape index (κ1) is 18.0. The number of hydrogen-bond donors (Lipinski definition) is 1. The maximum Gasteiger partial charge on any atom is 0.233 e. The number of carbonyl (C=O) groups excluding carboxylic acids is 1. The molecular weight excluding hydrogens is 332 g/mol. The van der Waals surface area contributed by atoms with Gasteiger partial charge in [-0.3, -0.25) is 4.79 Å². The molecule has 1 aliphatic rings. The van der Waals surface area contributed by atoms with E-state index in [0.29, 0.717) is 5.92 Å². The Morgan fingerprint density at radius 2 is 2.00 bits per heavy atom. The van der Waals surface area contributed by atoms with Crippen LogP contribution in [0.25, 0.3) is 0 Å². The van der Waals surface area contributed by atoms with Crippen molar-refractivity contribution in [2.75, 3.05) is 0 Å². The lowest BCUT2D eigenvalue weighted by atomic mass is 10.1. The molecule has 2 unspecified atom stereocenters. The molecule has 1 aromatic carbocycles. The largest absolute Gasteiger partial charge is 0.353 e. The molecule has 0 saturated heterocycles. The summed E-state index contributed by atoms with van der Waals surface area (Å²) >= 11 is 1.48. The van der Waals surface area contributed by atoms with E-state index >= 15 is 0 Å². The van der Waals surface area contributed by atoms with Gasteiger partial charge in [-0.1, -0.05) is 42.1 Å². The van der Waals surface area contributed by atoms with E-state index in [4.69, 9.17) is 0 Å². The van der Waals surface area contributed by atoms with Crippen molar-refractivity contribution in [3.8, 4) is 0 Å². The number of amides is 1. The van der Waals surface area contributed by atoms with E-state index in [1.165, 1.54) is 30.2 Å². The van der Waals surface area contributed by atoms with Crippen molar-refractivity contribution in [1.29, 1.82) is 0 Å². The zero-order chi connectivity index (χ0) is 17.8. The van der Waals surface area contributed by atoms with Gasteiger partial charge in [0.05, 0.1) is 5.25 Å². The minimum absolute atomic E-state index is 0.0570. The average molecular weight is 359 g/mol. The number of nitrogens with one attached hydrogen (secondary N) is 1. The lowest BCUT2D eigenvalue weighted by molar-refractivity contribution is -0.120. The number of benzene rings is 1. The number of rotatable bonds is 8. The van der Waals surface area contributed by atoms with Crippen molar-refractivity contribution in [2.24, 2.45) is 7.05 Å². The molecule has 0 radical (unpaired) electrons. The van der Waals surface area contributed by atoms with Gasteiger partial charge in [0, 0.05) is 19.0 Å². The van der Waals surface area contributed by atoms with Crippen molar-refractivity contribution in [2.45, 2.75) is 61.9 Å². The fourth-order valence-electron chi connectivity index (χ4n) is 2.80. The summed E-state index contributed by atoms with van der Waals surface area (Å²) in [5, 5.41) is 12.3. The highest BCUT2D eigenvalue weighted by atomic mass is 32.2. The highest BCUT2D eigenvalue weighted by Gasteiger charge is 2.30. The third kappa shape index (κ3) is 4.84. The van der Waals surface area contributed by atoms with Gasteiger partial charge in [-0.25, -0.2) is 0 Å². The summed E-state index contributed by atoms with van der Waals surface area (Å²) < 4.78 is 2.03. The number of aryl methyl sites for hydroxylation is 1. The molecule has 1 amide bonds. The molecule has 1 saturated carbocycles. The Balaban J connectivity index is 1.47. The smallest absolute Gasteiger partial charge is 0.233 e. The van der Waals surface area contributed by atoms with Gasteiger partial charge < -0.3 is 9.88 Å². The molecule has 1 N–H and O–H groups in total. The Bertz CT molecular complexity index is 711. The fraction of sp³-hybridized carbons (Fsp3) is 0.526. The molecule has 0 spiro atoms. The second kappa shape index (κ2) is 8.04. The van der Waals surface area contributed by atoms with Crippen LogP contribution in [0.4, 0.5) is 0 Å². The second-order valence-corrected chi connectivity index (χ2v) is 8.18. The SMILES string of the molecule is CC(CCc1ccccc1)NC(=O)C(C)Sc1nnc(C2CC2)n1C. The zero-order valence-electron chi connectivity index (χ0n) is 15.1. The molecule has 134 valence electrons. The van der Waals surface area contributed by atoms with E-state index in [2.05, 4.69) is 34.6 Å². The molecule has 1 aromatic heterocycles. The van der Waals surface area contributed by atoms with Crippen LogP contribution in [-0.2, 0) is 18.3 Å². The first-order valence-electron chi connectivity index (χ1n) is 8.95. The molecule has 0 aliphatic heterocycles. The number of aromatic nitrogens is 3. The van der Waals surface area contributed by atoms with Crippen LogP contribution in [0.1, 0.15) is 50.4 Å². The molecule has 3 rings (SSSR count). The van der Waals surface area contributed by atoms with Gasteiger partial charge in [-0.2, -0.15) is 0 Å². The molecule has 5 nitrogen and oxygen atoms in total. The van der Waals surface area contributed by atoms with E-state index in [-0.39, 0.29) is 17.2 Å².